The van der Waals surface area contributed by atoms with Crippen molar-refractivity contribution < 1.29 is 17.6 Å². The van der Waals surface area contributed by atoms with Crippen LogP contribution in [0.3, 0.4) is 0 Å². The van der Waals surface area contributed by atoms with Gasteiger partial charge in [-0.05, 0) is 25.1 Å². The molecule has 0 aliphatic carbocycles. The summed E-state index contributed by atoms with van der Waals surface area (Å²) in [5.41, 5.74) is -0.000954. The van der Waals surface area contributed by atoms with Crippen molar-refractivity contribution in [2.45, 2.75) is 19.5 Å². The zero-order valence-corrected chi connectivity index (χ0v) is 13.8. The maximum absolute atomic E-state index is 13.8. The molecule has 2 aromatic rings. The van der Waals surface area contributed by atoms with Gasteiger partial charge in [0.2, 0.25) is 10.0 Å². The number of carbonyl (C=O) groups is 1. The number of nitrogens with zero attached hydrogens (tertiary/aromatic N) is 3. The third-order valence-corrected chi connectivity index (χ3v) is 3.43. The van der Waals surface area contributed by atoms with Gasteiger partial charge in [0.1, 0.15) is 18.5 Å². The van der Waals surface area contributed by atoms with Crippen LogP contribution in [0.5, 0.6) is 0 Å². The summed E-state index contributed by atoms with van der Waals surface area (Å²) in [6.45, 7) is 2.14. The summed E-state index contributed by atoms with van der Waals surface area (Å²) in [4.78, 5) is 15.7. The number of carbonyl (C=O) groups excluding carboxylic acids is 1. The molecule has 0 saturated heterocycles. The van der Waals surface area contributed by atoms with Crippen LogP contribution >= 0.6 is 0 Å². The molecule has 0 aliphatic rings. The average molecular weight is 356 g/mol. The maximum atomic E-state index is 13.8. The van der Waals surface area contributed by atoms with Gasteiger partial charge >= 0.3 is 6.03 Å². The molecule has 11 heteroatoms. The number of rotatable bonds is 6. The summed E-state index contributed by atoms with van der Waals surface area (Å²) in [7, 11) is -3.50. The molecule has 0 spiro atoms. The van der Waals surface area contributed by atoms with Crippen LogP contribution in [-0.4, -0.2) is 41.5 Å². The third-order valence-electron chi connectivity index (χ3n) is 2.82. The van der Waals surface area contributed by atoms with Crippen LogP contribution in [0.25, 0.3) is 0 Å². The summed E-state index contributed by atoms with van der Waals surface area (Å²) in [5.74, 6) is -0.687. The van der Waals surface area contributed by atoms with E-state index in [0.29, 0.717) is 6.54 Å². The number of hydrogen-bond acceptors (Lipinski definition) is 5. The summed E-state index contributed by atoms with van der Waals surface area (Å²) in [6.07, 6.45) is 3.86. The van der Waals surface area contributed by atoms with E-state index in [1.54, 1.807) is 11.6 Å². The van der Waals surface area contributed by atoms with Gasteiger partial charge in [-0.3, -0.25) is 9.40 Å². The molecule has 2 rings (SSSR count). The van der Waals surface area contributed by atoms with Crippen LogP contribution in [0.2, 0.25) is 0 Å². The SMILES string of the molecule is CC(Cn1cncn1)NC(=O)Nc1cc(NS(C)(=O)=O)ccc1F. The van der Waals surface area contributed by atoms with E-state index >= 15 is 0 Å². The van der Waals surface area contributed by atoms with E-state index in [1.807, 2.05) is 0 Å². The first-order valence-electron chi connectivity index (χ1n) is 6.90. The fourth-order valence-corrected chi connectivity index (χ4v) is 2.49. The van der Waals surface area contributed by atoms with Gasteiger partial charge < -0.3 is 10.6 Å². The first-order chi connectivity index (χ1) is 11.2. The quantitative estimate of drug-likeness (QED) is 0.714. The largest absolute Gasteiger partial charge is 0.334 e. The number of amides is 2. The van der Waals surface area contributed by atoms with Crippen molar-refractivity contribution in [3.63, 3.8) is 0 Å². The van der Waals surface area contributed by atoms with Crippen molar-refractivity contribution in [1.29, 1.82) is 0 Å². The van der Waals surface area contributed by atoms with Crippen molar-refractivity contribution in [3.05, 3.63) is 36.7 Å². The molecule has 2 amide bonds. The molecule has 0 radical (unpaired) electrons. The Balaban J connectivity index is 1.98. The predicted molar refractivity (Wildman–Crippen MR) is 86.5 cm³/mol. The third kappa shape index (κ3) is 5.50. The van der Waals surface area contributed by atoms with E-state index in [4.69, 9.17) is 0 Å². The van der Waals surface area contributed by atoms with Crippen LogP contribution in [0.4, 0.5) is 20.6 Å². The second-order valence-corrected chi connectivity index (χ2v) is 6.93. The molecular weight excluding hydrogens is 339 g/mol. The number of aromatic nitrogens is 3. The molecule has 0 saturated carbocycles. The number of benzene rings is 1. The Labute approximate surface area is 138 Å². The first-order valence-corrected chi connectivity index (χ1v) is 8.79. The van der Waals surface area contributed by atoms with Crippen LogP contribution in [-0.2, 0) is 16.6 Å². The molecule has 1 aromatic heterocycles. The van der Waals surface area contributed by atoms with Crippen molar-refractivity contribution in [2.24, 2.45) is 0 Å². The van der Waals surface area contributed by atoms with Crippen molar-refractivity contribution >= 4 is 27.4 Å². The number of urea groups is 1. The normalized spacial score (nSPS) is 12.5. The van der Waals surface area contributed by atoms with Gasteiger partial charge in [0.25, 0.3) is 0 Å². The van der Waals surface area contributed by atoms with Gasteiger partial charge in [0.05, 0.1) is 24.2 Å². The molecule has 1 heterocycles. The van der Waals surface area contributed by atoms with Gasteiger partial charge in [0.15, 0.2) is 0 Å². The number of sulfonamides is 1. The molecule has 0 bridgehead atoms. The van der Waals surface area contributed by atoms with Crippen molar-refractivity contribution in [1.82, 2.24) is 20.1 Å². The fraction of sp³-hybridized carbons (Fsp3) is 0.308. The fourth-order valence-electron chi connectivity index (χ4n) is 1.93. The molecule has 3 N–H and O–H groups in total. The van der Waals surface area contributed by atoms with Gasteiger partial charge in [-0.25, -0.2) is 22.6 Å². The molecular formula is C13H17FN6O3S. The highest BCUT2D eigenvalue weighted by atomic mass is 32.2. The zero-order valence-electron chi connectivity index (χ0n) is 13.0. The Morgan fingerprint density at radius 2 is 2.17 bits per heavy atom. The van der Waals surface area contributed by atoms with Gasteiger partial charge in [0, 0.05) is 6.04 Å². The van der Waals surface area contributed by atoms with Gasteiger partial charge in [-0.15, -0.1) is 0 Å². The lowest BCUT2D eigenvalue weighted by molar-refractivity contribution is 0.247. The molecule has 9 nitrogen and oxygen atoms in total. The Bertz CT molecular complexity index is 809. The predicted octanol–water partition coefficient (Wildman–Crippen LogP) is 0.999. The van der Waals surface area contributed by atoms with E-state index in [9.17, 15) is 17.6 Å². The highest BCUT2D eigenvalue weighted by molar-refractivity contribution is 7.92. The second kappa shape index (κ2) is 7.25. The number of halogens is 1. The van der Waals surface area contributed by atoms with E-state index < -0.39 is 21.9 Å². The molecule has 1 aromatic carbocycles. The number of nitrogens with one attached hydrogen (secondary N) is 3. The standard InChI is InChI=1S/C13H17FN6O3S/c1-9(6-20-8-15-7-16-20)17-13(21)18-12-5-10(3-4-11(12)14)19-24(2,22)23/h3-5,7-9,19H,6H2,1-2H3,(H2,17,18,21). The summed E-state index contributed by atoms with van der Waals surface area (Å²) < 4.78 is 39.9. The van der Waals surface area contributed by atoms with Crippen LogP contribution in [0, 0.1) is 5.82 Å². The first kappa shape index (κ1) is 17.7. The minimum Gasteiger partial charge on any atom is -0.334 e. The Hall–Kier alpha value is -2.69. The van der Waals surface area contributed by atoms with Gasteiger partial charge in [-0.1, -0.05) is 0 Å². The Kier molecular flexibility index (Phi) is 5.34. The highest BCUT2D eigenvalue weighted by Crippen LogP contribution is 2.20. The zero-order chi connectivity index (χ0) is 17.7. The maximum Gasteiger partial charge on any atom is 0.319 e. The number of anilines is 2. The van der Waals surface area contributed by atoms with E-state index in [2.05, 4.69) is 25.4 Å². The van der Waals surface area contributed by atoms with Crippen LogP contribution in [0.15, 0.2) is 30.9 Å². The molecule has 130 valence electrons. The Morgan fingerprint density at radius 3 is 2.79 bits per heavy atom. The van der Waals surface area contributed by atoms with Crippen LogP contribution in [0.1, 0.15) is 6.92 Å². The topological polar surface area (TPSA) is 118 Å². The number of hydrogen-bond donors (Lipinski definition) is 3. The van der Waals surface area contributed by atoms with Gasteiger partial charge in [-0.2, -0.15) is 5.10 Å². The van der Waals surface area contributed by atoms with Crippen molar-refractivity contribution in [2.75, 3.05) is 16.3 Å². The Morgan fingerprint density at radius 1 is 1.42 bits per heavy atom. The second-order valence-electron chi connectivity index (χ2n) is 5.19. The minimum atomic E-state index is -3.50. The lowest BCUT2D eigenvalue weighted by Gasteiger charge is -2.15. The summed E-state index contributed by atoms with van der Waals surface area (Å²) in [6, 6.07) is 2.59. The lowest BCUT2D eigenvalue weighted by Crippen LogP contribution is -2.38. The summed E-state index contributed by atoms with van der Waals surface area (Å²) in [5, 5.41) is 8.88. The van der Waals surface area contributed by atoms with E-state index in [-0.39, 0.29) is 17.4 Å². The smallest absolute Gasteiger partial charge is 0.319 e. The molecule has 1 atom stereocenters. The van der Waals surface area contributed by atoms with Crippen molar-refractivity contribution in [3.8, 4) is 0 Å². The lowest BCUT2D eigenvalue weighted by atomic mass is 10.2. The average Bonchev–Trinajstić information content (AvgIpc) is 2.93. The molecule has 24 heavy (non-hydrogen) atoms. The summed E-state index contributed by atoms with van der Waals surface area (Å²) >= 11 is 0. The highest BCUT2D eigenvalue weighted by Gasteiger charge is 2.12. The molecule has 0 aliphatic heterocycles. The van der Waals surface area contributed by atoms with E-state index in [1.165, 1.54) is 24.8 Å². The van der Waals surface area contributed by atoms with E-state index in [0.717, 1.165) is 12.3 Å². The molecule has 0 fully saturated rings. The van der Waals surface area contributed by atoms with Crippen LogP contribution < -0.4 is 15.4 Å². The minimum absolute atomic E-state index is 0.143. The monoisotopic (exact) mass is 356 g/mol. The molecule has 1 unspecified atom stereocenters.